The quantitative estimate of drug-likeness (QED) is 0.205. The van der Waals surface area contributed by atoms with Gasteiger partial charge in [-0.1, -0.05) is 43.7 Å². The van der Waals surface area contributed by atoms with Crippen molar-refractivity contribution in [3.8, 4) is 17.4 Å². The molecular weight excluding hydrogens is 762 g/mol. The van der Waals surface area contributed by atoms with E-state index in [1.165, 1.54) is 6.42 Å². The number of halogens is 1. The highest BCUT2D eigenvalue weighted by Gasteiger charge is 2.59. The second kappa shape index (κ2) is 18.0. The Kier molecular flexibility index (Phi) is 12.8. The Morgan fingerprint density at radius 3 is 2.47 bits per heavy atom. The molecule has 3 saturated heterocycles. The van der Waals surface area contributed by atoms with E-state index in [4.69, 9.17) is 40.3 Å². The summed E-state index contributed by atoms with van der Waals surface area (Å²) in [6.07, 6.45) is 9.90. The molecule has 316 valence electrons. The van der Waals surface area contributed by atoms with Crippen LogP contribution >= 0.6 is 11.6 Å². The lowest BCUT2D eigenvalue weighted by molar-refractivity contribution is -0.154. The summed E-state index contributed by atoms with van der Waals surface area (Å²) in [7, 11) is 0. The molecule has 3 aliphatic heterocycles. The number of pyridine rings is 1. The molecule has 1 aromatic carbocycles. The first-order valence-corrected chi connectivity index (χ1v) is 22.4. The van der Waals surface area contributed by atoms with Crippen LogP contribution in [-0.2, 0) is 28.7 Å². The number of amides is 1. The lowest BCUT2D eigenvalue weighted by Crippen LogP contribution is -2.45. The van der Waals surface area contributed by atoms with E-state index in [2.05, 4.69) is 4.90 Å². The molecule has 0 bridgehead atoms. The molecule has 1 unspecified atom stereocenters. The fourth-order valence-corrected chi connectivity index (χ4v) is 10.6. The Bertz CT molecular complexity index is 1840. The second-order valence-electron chi connectivity index (χ2n) is 17.8. The van der Waals surface area contributed by atoms with Crippen molar-refractivity contribution in [2.75, 3.05) is 52.6 Å². The first-order chi connectivity index (χ1) is 28.1. The van der Waals surface area contributed by atoms with Crippen LogP contribution in [0.5, 0.6) is 17.4 Å². The largest absolute Gasteiger partial charge is 0.491 e. The fourth-order valence-electron chi connectivity index (χ4n) is 10.3. The number of fused-ring (bicyclic) bond motifs is 4. The molecule has 6 fully saturated rings. The van der Waals surface area contributed by atoms with Gasteiger partial charge < -0.3 is 28.6 Å². The molecule has 3 aliphatic carbocycles. The Morgan fingerprint density at radius 1 is 0.948 bits per heavy atom. The number of hydrogen-bond acceptors (Lipinski definition) is 11. The highest BCUT2D eigenvalue weighted by molar-refractivity contribution is 6.36. The van der Waals surface area contributed by atoms with Crippen molar-refractivity contribution in [3.63, 3.8) is 0 Å². The summed E-state index contributed by atoms with van der Waals surface area (Å²) in [5, 5.41) is 0.991. The smallest absolute Gasteiger partial charge is 0.306 e. The monoisotopic (exact) mass is 821 g/mol. The van der Waals surface area contributed by atoms with Gasteiger partial charge in [0.2, 0.25) is 11.8 Å². The number of carbonyl (C=O) groups excluding carboxylic acids is 4. The van der Waals surface area contributed by atoms with Gasteiger partial charge in [-0.3, -0.25) is 24.1 Å². The number of hydrogen-bond donors (Lipinski definition) is 0. The maximum Gasteiger partial charge on any atom is 0.306 e. The van der Waals surface area contributed by atoms with Crippen molar-refractivity contribution in [1.29, 1.82) is 0 Å². The third kappa shape index (κ3) is 9.29. The molecular formula is C45H60ClN3O9. The Hall–Kier alpha value is -3.48. The molecule has 8 atom stereocenters. The van der Waals surface area contributed by atoms with E-state index in [1.54, 1.807) is 17.9 Å². The number of esters is 1. The number of rotatable bonds is 12. The van der Waals surface area contributed by atoms with Crippen molar-refractivity contribution in [2.45, 2.75) is 122 Å². The second-order valence-corrected chi connectivity index (χ2v) is 18.2. The van der Waals surface area contributed by atoms with Gasteiger partial charge >= 0.3 is 5.97 Å². The van der Waals surface area contributed by atoms with Gasteiger partial charge in [0.05, 0.1) is 38.8 Å². The van der Waals surface area contributed by atoms with Crippen molar-refractivity contribution in [2.24, 2.45) is 29.1 Å². The fraction of sp³-hybridized carbons (Fsp3) is 0.711. The molecule has 0 radical (unpaired) electrons. The van der Waals surface area contributed by atoms with Crippen LogP contribution in [0.3, 0.4) is 0 Å². The van der Waals surface area contributed by atoms with Crippen LogP contribution in [0.15, 0.2) is 18.2 Å². The predicted octanol–water partition coefficient (Wildman–Crippen LogP) is 6.99. The number of ether oxygens (including phenoxy) is 5. The van der Waals surface area contributed by atoms with Gasteiger partial charge in [0.1, 0.15) is 46.6 Å². The zero-order valence-electron chi connectivity index (χ0n) is 34.2. The van der Waals surface area contributed by atoms with Gasteiger partial charge in [0, 0.05) is 55.3 Å². The molecule has 12 nitrogen and oxygen atoms in total. The summed E-state index contributed by atoms with van der Waals surface area (Å²) in [4.78, 5) is 64.4. The van der Waals surface area contributed by atoms with Crippen molar-refractivity contribution in [3.05, 3.63) is 23.2 Å². The summed E-state index contributed by atoms with van der Waals surface area (Å²) in [6.45, 7) is 8.35. The number of aromatic nitrogens is 1. The zero-order valence-corrected chi connectivity index (χ0v) is 35.0. The Morgan fingerprint density at radius 2 is 1.71 bits per heavy atom. The lowest BCUT2D eigenvalue weighted by Gasteiger charge is -2.29. The first-order valence-electron chi connectivity index (χ1n) is 22.0. The van der Waals surface area contributed by atoms with Gasteiger partial charge in [-0.2, -0.15) is 0 Å². The minimum absolute atomic E-state index is 0.00484. The summed E-state index contributed by atoms with van der Waals surface area (Å²) in [5.41, 5.74) is -0.199. The molecule has 1 aromatic heterocycles. The van der Waals surface area contributed by atoms with Crippen LogP contribution in [0.4, 0.5) is 0 Å². The summed E-state index contributed by atoms with van der Waals surface area (Å²) in [6, 6.07) is 4.63. The van der Waals surface area contributed by atoms with Gasteiger partial charge in [-0.05, 0) is 82.3 Å². The lowest BCUT2D eigenvalue weighted by atomic mass is 9.87. The van der Waals surface area contributed by atoms with Gasteiger partial charge in [-0.15, -0.1) is 0 Å². The number of morpholine rings is 1. The van der Waals surface area contributed by atoms with Crippen LogP contribution in [0.2, 0.25) is 5.02 Å². The topological polar surface area (TPSA) is 134 Å². The highest BCUT2D eigenvalue weighted by atomic mass is 35.5. The number of Topliss-reactive ketones (excluding diaryl/α,β-unsaturated/α-hetero) is 2. The molecule has 13 heteroatoms. The van der Waals surface area contributed by atoms with Crippen LogP contribution in [0.25, 0.3) is 10.9 Å². The van der Waals surface area contributed by atoms with Gasteiger partial charge in [-0.25, -0.2) is 4.98 Å². The molecule has 3 saturated carbocycles. The predicted molar refractivity (Wildman–Crippen MR) is 217 cm³/mol. The summed E-state index contributed by atoms with van der Waals surface area (Å²) < 4.78 is 30.2. The van der Waals surface area contributed by atoms with E-state index in [9.17, 15) is 19.2 Å². The van der Waals surface area contributed by atoms with E-state index in [1.807, 2.05) is 19.1 Å². The molecule has 58 heavy (non-hydrogen) atoms. The number of carbonyl (C=O) groups is 4. The van der Waals surface area contributed by atoms with E-state index in [-0.39, 0.29) is 61.3 Å². The summed E-state index contributed by atoms with van der Waals surface area (Å²) >= 11 is 6.97. The number of ketones is 2. The highest BCUT2D eigenvalue weighted by Crippen LogP contribution is 2.59. The van der Waals surface area contributed by atoms with Crippen LogP contribution in [-0.4, -0.2) is 109 Å². The molecule has 2 aromatic rings. The van der Waals surface area contributed by atoms with Gasteiger partial charge in [0.15, 0.2) is 5.78 Å². The van der Waals surface area contributed by atoms with Gasteiger partial charge in [0.25, 0.3) is 0 Å². The minimum atomic E-state index is -0.782. The number of benzene rings is 1. The third-order valence-electron chi connectivity index (χ3n) is 13.9. The third-order valence-corrected chi connectivity index (χ3v) is 14.2. The Balaban J connectivity index is 1.04. The van der Waals surface area contributed by atoms with Crippen LogP contribution in [0, 0.1) is 29.1 Å². The zero-order chi connectivity index (χ0) is 40.4. The van der Waals surface area contributed by atoms with Crippen molar-refractivity contribution < 1.29 is 42.9 Å². The number of nitrogens with zero attached hydrogens (tertiary/aromatic N) is 3. The van der Waals surface area contributed by atoms with Crippen LogP contribution in [0.1, 0.15) is 104 Å². The maximum absolute atomic E-state index is 14.7. The minimum Gasteiger partial charge on any atom is -0.491 e. The SMILES string of the molecule is CCOc1cc(O[C@@H]2C[C@H]3C(=O)C[C@]4(C(C)=O)C[C@H]4CCCCCCC[C@H](CC(=O)OC4C[C@@H]5C[C@@H]5C4)C(=O)N3C2)c2ccc(OCCN3CCOCC3)c(Cl)c2n1. The maximum atomic E-state index is 14.7. The normalized spacial score (nSPS) is 31.7. The molecule has 0 spiro atoms. The van der Waals surface area contributed by atoms with E-state index in [0.29, 0.717) is 78.0 Å². The molecule has 6 aliphatic rings. The van der Waals surface area contributed by atoms with Crippen LogP contribution < -0.4 is 14.2 Å². The van der Waals surface area contributed by atoms with E-state index in [0.717, 1.165) is 77.4 Å². The average Bonchev–Trinajstić information content (AvgIpc) is 4.01. The standard InChI is InChI=1S/C45H60ClN3O9/c1-3-55-40-24-39(35-11-12-38(42(46)43(35)47-40)56-18-15-48-13-16-54-17-14-48)57-34-23-36-37(51)26-45(28(2)50)25-32(45)10-8-6-4-5-7-9-29(44(53)49(36)27-34)22-41(52)58-33-20-30-19-31(30)21-33/h11-12,24,29-34,36H,3-10,13-23,25-27H2,1-2H3/t29-,30-,31+,32-,33?,34-,36+,45+/m1/s1. The van der Waals surface area contributed by atoms with Crippen molar-refractivity contribution >= 4 is 45.9 Å². The summed E-state index contributed by atoms with van der Waals surface area (Å²) in [5.74, 6) is 1.64. The first kappa shape index (κ1) is 41.3. The average molecular weight is 822 g/mol. The molecule has 1 amide bonds. The molecule has 4 heterocycles. The van der Waals surface area contributed by atoms with E-state index < -0.39 is 23.5 Å². The molecule has 8 rings (SSSR count). The Labute approximate surface area is 346 Å². The molecule has 0 N–H and O–H groups in total. The van der Waals surface area contributed by atoms with E-state index >= 15 is 0 Å². The van der Waals surface area contributed by atoms with Crippen molar-refractivity contribution in [1.82, 2.24) is 14.8 Å².